The van der Waals surface area contributed by atoms with E-state index in [1.807, 2.05) is 18.2 Å². The molecule has 0 saturated carbocycles. The van der Waals surface area contributed by atoms with Crippen LogP contribution in [0, 0.1) is 23.5 Å². The fraction of sp³-hybridized carbons (Fsp3) is 0.357. The van der Waals surface area contributed by atoms with Gasteiger partial charge in [0, 0.05) is 29.4 Å². The molecule has 39 heavy (non-hydrogen) atoms. The number of piperidine rings is 1. The number of amides is 1. The Kier molecular flexibility index (Phi) is 7.03. The minimum absolute atomic E-state index is 0.128. The number of fused-ring (bicyclic) bond motifs is 2. The SMILES string of the molecule is CC1CCc2c(sc(NC(=O)C3CCN(S(=O)(=O)c4ccc(F)c(F)c4)CC3)c2-c2nc3ccccc3s2)C1. The summed E-state index contributed by atoms with van der Waals surface area (Å²) in [6.45, 7) is 2.51. The third kappa shape index (κ3) is 5.01. The molecule has 0 spiro atoms. The maximum Gasteiger partial charge on any atom is 0.243 e. The van der Waals surface area contributed by atoms with E-state index in [1.165, 1.54) is 14.7 Å². The Morgan fingerprint density at radius 1 is 1.05 bits per heavy atom. The Morgan fingerprint density at radius 2 is 1.82 bits per heavy atom. The zero-order valence-corrected chi connectivity index (χ0v) is 23.7. The van der Waals surface area contributed by atoms with Crippen molar-refractivity contribution in [2.75, 3.05) is 18.4 Å². The van der Waals surface area contributed by atoms with Gasteiger partial charge in [-0.25, -0.2) is 22.2 Å². The third-order valence-corrected chi connectivity index (χ3v) is 11.7. The number of halogens is 2. The third-order valence-electron chi connectivity index (χ3n) is 7.61. The van der Waals surface area contributed by atoms with Gasteiger partial charge in [-0.15, -0.1) is 22.7 Å². The van der Waals surface area contributed by atoms with Crippen LogP contribution in [0.2, 0.25) is 0 Å². The molecule has 0 radical (unpaired) electrons. The van der Waals surface area contributed by atoms with E-state index in [0.717, 1.165) is 57.2 Å². The molecule has 1 atom stereocenters. The molecule has 1 amide bonds. The molecule has 11 heteroatoms. The molecule has 2 aromatic heterocycles. The molecule has 1 fully saturated rings. The van der Waals surface area contributed by atoms with Crippen molar-refractivity contribution in [3.8, 4) is 10.6 Å². The van der Waals surface area contributed by atoms with Crippen molar-refractivity contribution in [3.05, 3.63) is 64.5 Å². The molecule has 2 aromatic carbocycles. The Hall–Kier alpha value is -2.73. The summed E-state index contributed by atoms with van der Waals surface area (Å²) in [7, 11) is -3.98. The predicted octanol–water partition coefficient (Wildman–Crippen LogP) is 6.47. The van der Waals surface area contributed by atoms with Crippen LogP contribution < -0.4 is 5.32 Å². The number of nitrogens with zero attached hydrogens (tertiary/aromatic N) is 2. The van der Waals surface area contributed by atoms with Crippen LogP contribution in [0.3, 0.4) is 0 Å². The van der Waals surface area contributed by atoms with Crippen molar-refractivity contribution in [3.63, 3.8) is 0 Å². The number of carbonyl (C=O) groups is 1. The van der Waals surface area contributed by atoms with Crippen molar-refractivity contribution >= 4 is 53.8 Å². The van der Waals surface area contributed by atoms with Gasteiger partial charge in [-0.3, -0.25) is 4.79 Å². The zero-order chi connectivity index (χ0) is 27.3. The van der Waals surface area contributed by atoms with Gasteiger partial charge in [-0.05, 0) is 73.9 Å². The van der Waals surface area contributed by atoms with Gasteiger partial charge in [0.25, 0.3) is 0 Å². The van der Waals surface area contributed by atoms with Gasteiger partial charge in [0.1, 0.15) is 10.0 Å². The van der Waals surface area contributed by atoms with E-state index in [4.69, 9.17) is 4.98 Å². The number of para-hydroxylation sites is 1. The molecule has 204 valence electrons. The van der Waals surface area contributed by atoms with E-state index >= 15 is 0 Å². The van der Waals surface area contributed by atoms with Crippen LogP contribution >= 0.6 is 22.7 Å². The molecular formula is C28H27F2N3O3S3. The Morgan fingerprint density at radius 3 is 2.56 bits per heavy atom. The Labute approximate surface area is 233 Å². The maximum atomic E-state index is 13.7. The molecule has 3 heterocycles. The zero-order valence-electron chi connectivity index (χ0n) is 21.2. The molecule has 0 bridgehead atoms. The number of rotatable bonds is 5. The standard InChI is InChI=1S/C28H27F2N3O3S3/c1-16-6-8-19-24(14-16)38-28(25(19)27-31-22-4-2-3-5-23(22)37-27)32-26(34)17-10-12-33(13-11-17)39(35,36)18-7-9-20(29)21(30)15-18/h2-5,7,9,15-17H,6,8,10-14H2,1H3,(H,32,34). The summed E-state index contributed by atoms with van der Waals surface area (Å²) in [6.07, 6.45) is 3.71. The lowest BCUT2D eigenvalue weighted by Gasteiger charge is -2.30. The maximum absolute atomic E-state index is 13.7. The first-order chi connectivity index (χ1) is 18.7. The number of carbonyl (C=O) groups excluding carboxylic acids is 1. The van der Waals surface area contributed by atoms with Crippen LogP contribution in [0.25, 0.3) is 20.8 Å². The first-order valence-electron chi connectivity index (χ1n) is 13.0. The van der Waals surface area contributed by atoms with Gasteiger partial charge in [-0.2, -0.15) is 4.31 Å². The fourth-order valence-electron chi connectivity index (χ4n) is 5.40. The number of anilines is 1. The van der Waals surface area contributed by atoms with Crippen LogP contribution in [0.5, 0.6) is 0 Å². The smallest absolute Gasteiger partial charge is 0.243 e. The van der Waals surface area contributed by atoms with Crippen molar-refractivity contribution in [1.29, 1.82) is 0 Å². The Bertz CT molecular complexity index is 1640. The average molecular weight is 588 g/mol. The van der Waals surface area contributed by atoms with Crippen LogP contribution in [-0.4, -0.2) is 36.7 Å². The predicted molar refractivity (Wildman–Crippen MR) is 151 cm³/mol. The summed E-state index contributed by atoms with van der Waals surface area (Å²) in [5.74, 6) is -2.21. The number of aromatic nitrogens is 1. The van der Waals surface area contributed by atoms with E-state index in [-0.39, 0.29) is 29.8 Å². The second-order valence-electron chi connectivity index (χ2n) is 10.3. The van der Waals surface area contributed by atoms with E-state index in [2.05, 4.69) is 18.3 Å². The number of nitrogens with one attached hydrogen (secondary N) is 1. The van der Waals surface area contributed by atoms with Gasteiger partial charge >= 0.3 is 0 Å². The Balaban J connectivity index is 1.21. The number of thiazole rings is 1. The van der Waals surface area contributed by atoms with Crippen molar-refractivity contribution in [2.24, 2.45) is 11.8 Å². The summed E-state index contributed by atoms with van der Waals surface area (Å²) >= 11 is 3.26. The van der Waals surface area contributed by atoms with Gasteiger partial charge in [0.2, 0.25) is 15.9 Å². The molecule has 4 aromatic rings. The molecule has 1 unspecified atom stereocenters. The molecular weight excluding hydrogens is 561 g/mol. The molecule has 1 aliphatic carbocycles. The van der Waals surface area contributed by atoms with E-state index < -0.39 is 21.7 Å². The van der Waals surface area contributed by atoms with Crippen LogP contribution in [0.4, 0.5) is 13.8 Å². The fourth-order valence-corrected chi connectivity index (χ4v) is 9.41. The van der Waals surface area contributed by atoms with Crippen molar-refractivity contribution in [1.82, 2.24) is 9.29 Å². The van der Waals surface area contributed by atoms with Gasteiger partial charge in [0.15, 0.2) is 11.6 Å². The monoisotopic (exact) mass is 587 g/mol. The summed E-state index contributed by atoms with van der Waals surface area (Å²) in [4.78, 5) is 19.3. The molecule has 1 saturated heterocycles. The van der Waals surface area contributed by atoms with Gasteiger partial charge in [0.05, 0.1) is 15.1 Å². The minimum Gasteiger partial charge on any atom is -0.317 e. The molecule has 2 aliphatic rings. The van der Waals surface area contributed by atoms with E-state index in [9.17, 15) is 22.0 Å². The van der Waals surface area contributed by atoms with Crippen LogP contribution in [-0.2, 0) is 27.7 Å². The van der Waals surface area contributed by atoms with Crippen LogP contribution in [0.15, 0.2) is 47.4 Å². The lowest BCUT2D eigenvalue weighted by Crippen LogP contribution is -2.41. The van der Waals surface area contributed by atoms with Crippen molar-refractivity contribution in [2.45, 2.75) is 43.9 Å². The quantitative estimate of drug-likeness (QED) is 0.290. The van der Waals surface area contributed by atoms with E-state index in [1.54, 1.807) is 22.7 Å². The molecule has 6 nitrogen and oxygen atoms in total. The van der Waals surface area contributed by atoms with Crippen LogP contribution in [0.1, 0.15) is 36.6 Å². The number of hydrogen-bond acceptors (Lipinski definition) is 6. The van der Waals surface area contributed by atoms with Gasteiger partial charge in [-0.1, -0.05) is 19.1 Å². The molecule has 6 rings (SSSR count). The van der Waals surface area contributed by atoms with Crippen molar-refractivity contribution < 1.29 is 22.0 Å². The highest BCUT2D eigenvalue weighted by Crippen LogP contribution is 2.47. The average Bonchev–Trinajstić information content (AvgIpc) is 3.50. The second kappa shape index (κ2) is 10.3. The first kappa shape index (κ1) is 26.5. The lowest BCUT2D eigenvalue weighted by atomic mass is 9.88. The molecule has 1 aliphatic heterocycles. The second-order valence-corrected chi connectivity index (χ2v) is 14.4. The number of sulfonamides is 1. The summed E-state index contributed by atoms with van der Waals surface area (Å²) < 4.78 is 55.2. The number of hydrogen-bond donors (Lipinski definition) is 1. The summed E-state index contributed by atoms with van der Waals surface area (Å²) in [6, 6.07) is 10.6. The topological polar surface area (TPSA) is 79.4 Å². The first-order valence-corrected chi connectivity index (χ1v) is 16.0. The highest BCUT2D eigenvalue weighted by Gasteiger charge is 2.34. The largest absolute Gasteiger partial charge is 0.317 e. The summed E-state index contributed by atoms with van der Waals surface area (Å²) in [5, 5.41) is 4.90. The normalized spacial score (nSPS) is 18.8. The highest BCUT2D eigenvalue weighted by molar-refractivity contribution is 7.89. The number of thiophene rings is 1. The summed E-state index contributed by atoms with van der Waals surface area (Å²) in [5.41, 5.74) is 3.24. The minimum atomic E-state index is -3.98. The number of benzene rings is 2. The highest BCUT2D eigenvalue weighted by atomic mass is 32.2. The molecule has 1 N–H and O–H groups in total. The van der Waals surface area contributed by atoms with E-state index in [0.29, 0.717) is 24.8 Å². The lowest BCUT2D eigenvalue weighted by molar-refractivity contribution is -0.120. The van der Waals surface area contributed by atoms with Gasteiger partial charge < -0.3 is 5.32 Å².